The summed E-state index contributed by atoms with van der Waals surface area (Å²) < 4.78 is 10.8. The maximum atomic E-state index is 12.9. The highest BCUT2D eigenvalue weighted by Gasteiger charge is 2.24. The van der Waals surface area contributed by atoms with Gasteiger partial charge >= 0.3 is 0 Å². The van der Waals surface area contributed by atoms with Crippen LogP contribution >= 0.6 is 0 Å². The van der Waals surface area contributed by atoms with E-state index in [-0.39, 0.29) is 5.78 Å². The van der Waals surface area contributed by atoms with E-state index in [0.717, 1.165) is 46.6 Å². The van der Waals surface area contributed by atoms with E-state index in [2.05, 4.69) is 6.92 Å². The van der Waals surface area contributed by atoms with E-state index in [1.54, 1.807) is 14.2 Å². The molecular formula is C27H28O3. The van der Waals surface area contributed by atoms with Crippen LogP contribution in [0.15, 0.2) is 84.0 Å². The molecular weight excluding hydrogens is 372 g/mol. The van der Waals surface area contributed by atoms with Crippen molar-refractivity contribution < 1.29 is 14.3 Å². The van der Waals surface area contributed by atoms with Crippen LogP contribution in [0.4, 0.5) is 0 Å². The van der Waals surface area contributed by atoms with Crippen molar-refractivity contribution in [2.75, 3.05) is 14.2 Å². The van der Waals surface area contributed by atoms with E-state index in [4.69, 9.17) is 9.47 Å². The summed E-state index contributed by atoms with van der Waals surface area (Å²) in [7, 11) is 3.32. The Labute approximate surface area is 179 Å². The molecule has 1 saturated carbocycles. The zero-order valence-electron chi connectivity index (χ0n) is 17.8. The topological polar surface area (TPSA) is 35.5 Å². The van der Waals surface area contributed by atoms with Crippen LogP contribution in [-0.2, 0) is 4.79 Å². The van der Waals surface area contributed by atoms with Crippen molar-refractivity contribution in [1.82, 2.24) is 0 Å². The predicted octanol–water partition coefficient (Wildman–Crippen LogP) is 6.28. The Kier molecular flexibility index (Phi) is 7.45. The average molecular weight is 401 g/mol. The van der Waals surface area contributed by atoms with E-state index < -0.39 is 0 Å². The quantitative estimate of drug-likeness (QED) is 0.535. The number of allylic oxidation sites excluding steroid dienone is 6. The van der Waals surface area contributed by atoms with Gasteiger partial charge in [-0.25, -0.2) is 0 Å². The van der Waals surface area contributed by atoms with E-state index in [1.165, 1.54) is 0 Å². The van der Waals surface area contributed by atoms with Gasteiger partial charge < -0.3 is 9.47 Å². The maximum Gasteiger partial charge on any atom is 0.185 e. The zero-order chi connectivity index (χ0) is 21.3. The van der Waals surface area contributed by atoms with Crippen molar-refractivity contribution in [3.8, 4) is 11.5 Å². The summed E-state index contributed by atoms with van der Waals surface area (Å²) in [6.07, 6.45) is 13.3. The normalized spacial score (nSPS) is 19.8. The number of methoxy groups -OCH3 is 2. The number of para-hydroxylation sites is 2. The number of Topliss-reactive ketones (excluding diaryl/α,β-unsaturated/α-hetero) is 1. The number of hydrogen-bond donors (Lipinski definition) is 0. The van der Waals surface area contributed by atoms with Gasteiger partial charge in [-0.05, 0) is 30.9 Å². The molecule has 2 aromatic carbocycles. The molecule has 2 aromatic rings. The number of ketones is 1. The molecule has 0 saturated heterocycles. The molecule has 3 rings (SSSR count). The molecule has 0 radical (unpaired) electrons. The molecule has 3 heteroatoms. The molecule has 1 aliphatic rings. The highest BCUT2D eigenvalue weighted by Crippen LogP contribution is 2.30. The third-order valence-electron chi connectivity index (χ3n) is 5.14. The number of benzene rings is 2. The molecule has 0 bridgehead atoms. The largest absolute Gasteiger partial charge is 0.496 e. The Morgan fingerprint density at radius 3 is 1.63 bits per heavy atom. The number of hydrogen-bond acceptors (Lipinski definition) is 3. The molecule has 0 atom stereocenters. The number of carbonyl (C=O) groups excluding carboxylic acids is 1. The minimum atomic E-state index is 0.127. The Balaban J connectivity index is 1.77. The average Bonchev–Trinajstić information content (AvgIpc) is 2.77. The summed E-state index contributed by atoms with van der Waals surface area (Å²) >= 11 is 0. The van der Waals surface area contributed by atoms with Crippen molar-refractivity contribution in [2.45, 2.75) is 19.8 Å². The van der Waals surface area contributed by atoms with Crippen LogP contribution in [0.25, 0.3) is 12.2 Å². The molecule has 0 amide bonds. The maximum absolute atomic E-state index is 12.9. The lowest BCUT2D eigenvalue weighted by atomic mass is 9.81. The standard InChI is InChI=1S/C27H28O3/c1-20-18-23(14-8-12-21-10-4-6-16-25(21)29-2)27(28)24(19-20)15-9-13-22-11-5-7-17-26(22)30-3/h4-17,20H,18-19H2,1-3H3/b12-8+,13-9+,23-14+,24-15+. The summed E-state index contributed by atoms with van der Waals surface area (Å²) in [5.74, 6) is 2.19. The summed E-state index contributed by atoms with van der Waals surface area (Å²) in [5.41, 5.74) is 3.67. The van der Waals surface area contributed by atoms with Gasteiger partial charge in [0.25, 0.3) is 0 Å². The van der Waals surface area contributed by atoms with E-state index >= 15 is 0 Å². The van der Waals surface area contributed by atoms with Crippen LogP contribution in [0.2, 0.25) is 0 Å². The molecule has 3 nitrogen and oxygen atoms in total. The summed E-state index contributed by atoms with van der Waals surface area (Å²) in [6.45, 7) is 2.18. The van der Waals surface area contributed by atoms with Crippen LogP contribution in [0.1, 0.15) is 30.9 Å². The second-order valence-corrected chi connectivity index (χ2v) is 7.43. The molecule has 30 heavy (non-hydrogen) atoms. The first-order valence-corrected chi connectivity index (χ1v) is 10.2. The molecule has 1 fully saturated rings. The van der Waals surface area contributed by atoms with Crippen molar-refractivity contribution >= 4 is 17.9 Å². The van der Waals surface area contributed by atoms with Gasteiger partial charge in [0, 0.05) is 22.3 Å². The van der Waals surface area contributed by atoms with Crippen molar-refractivity contribution in [1.29, 1.82) is 0 Å². The number of ether oxygens (including phenoxy) is 2. The van der Waals surface area contributed by atoms with Crippen LogP contribution in [0.5, 0.6) is 11.5 Å². The van der Waals surface area contributed by atoms with Crippen LogP contribution in [0.3, 0.4) is 0 Å². The number of carbonyl (C=O) groups is 1. The van der Waals surface area contributed by atoms with Gasteiger partial charge in [-0.1, -0.05) is 79.8 Å². The van der Waals surface area contributed by atoms with E-state index in [1.807, 2.05) is 85.0 Å². The van der Waals surface area contributed by atoms with Gasteiger partial charge in [0.1, 0.15) is 11.5 Å². The van der Waals surface area contributed by atoms with Crippen molar-refractivity contribution in [3.05, 3.63) is 95.1 Å². The molecule has 0 aromatic heterocycles. The molecule has 0 N–H and O–H groups in total. The lowest BCUT2D eigenvalue weighted by Gasteiger charge is -2.22. The summed E-state index contributed by atoms with van der Waals surface area (Å²) in [4.78, 5) is 12.9. The third-order valence-corrected chi connectivity index (χ3v) is 5.14. The highest BCUT2D eigenvalue weighted by atomic mass is 16.5. The SMILES string of the molecule is COc1ccccc1/C=C/C=C1\CC(C)C/C(=C\C=C\c2ccccc2OC)C1=O. The zero-order valence-corrected chi connectivity index (χ0v) is 17.8. The Morgan fingerprint density at radius 1 is 0.767 bits per heavy atom. The first kappa shape index (κ1) is 21.4. The van der Waals surface area contributed by atoms with Crippen molar-refractivity contribution in [2.24, 2.45) is 5.92 Å². The predicted molar refractivity (Wildman–Crippen MR) is 124 cm³/mol. The second kappa shape index (κ2) is 10.4. The van der Waals surface area contributed by atoms with Gasteiger partial charge in [-0.2, -0.15) is 0 Å². The first-order chi connectivity index (χ1) is 14.6. The minimum Gasteiger partial charge on any atom is -0.496 e. The summed E-state index contributed by atoms with van der Waals surface area (Å²) in [5, 5.41) is 0. The van der Waals surface area contributed by atoms with Crippen LogP contribution in [-0.4, -0.2) is 20.0 Å². The Bertz CT molecular complexity index is 929. The lowest BCUT2D eigenvalue weighted by molar-refractivity contribution is -0.113. The van der Waals surface area contributed by atoms with E-state index in [0.29, 0.717) is 5.92 Å². The molecule has 154 valence electrons. The lowest BCUT2D eigenvalue weighted by Crippen LogP contribution is -2.18. The smallest absolute Gasteiger partial charge is 0.185 e. The molecule has 0 spiro atoms. The van der Waals surface area contributed by atoms with Gasteiger partial charge in [-0.15, -0.1) is 0 Å². The van der Waals surface area contributed by atoms with Crippen molar-refractivity contribution in [3.63, 3.8) is 0 Å². The van der Waals surface area contributed by atoms with Gasteiger partial charge in [0.05, 0.1) is 14.2 Å². The minimum absolute atomic E-state index is 0.127. The Morgan fingerprint density at radius 2 is 1.20 bits per heavy atom. The number of rotatable bonds is 6. The second-order valence-electron chi connectivity index (χ2n) is 7.43. The van der Waals surface area contributed by atoms with Crippen LogP contribution in [0, 0.1) is 5.92 Å². The third kappa shape index (κ3) is 5.38. The first-order valence-electron chi connectivity index (χ1n) is 10.2. The molecule has 1 aliphatic carbocycles. The summed E-state index contributed by atoms with van der Waals surface area (Å²) in [6, 6.07) is 15.7. The fraction of sp³-hybridized carbons (Fsp3) is 0.222. The fourth-order valence-electron chi connectivity index (χ4n) is 3.65. The van der Waals surface area contributed by atoms with Gasteiger partial charge in [0.15, 0.2) is 5.78 Å². The Hall–Kier alpha value is -3.33. The highest BCUT2D eigenvalue weighted by molar-refractivity contribution is 6.09. The molecule has 0 aliphatic heterocycles. The van der Waals surface area contributed by atoms with E-state index in [9.17, 15) is 4.79 Å². The van der Waals surface area contributed by atoms with Crippen LogP contribution < -0.4 is 9.47 Å². The van der Waals surface area contributed by atoms with Gasteiger partial charge in [-0.3, -0.25) is 4.79 Å². The molecule has 0 heterocycles. The van der Waals surface area contributed by atoms with Gasteiger partial charge in [0.2, 0.25) is 0 Å². The fourth-order valence-corrected chi connectivity index (χ4v) is 3.65. The molecule has 0 unspecified atom stereocenters. The monoisotopic (exact) mass is 400 g/mol.